The summed E-state index contributed by atoms with van der Waals surface area (Å²) < 4.78 is 67.3. The SMILES string of the molecule is CCN(CC)c1nc(Nc2ccc(F)c(F)c2)nc(N2CCN(c3ncccc3C(F)(F)F)CC2)n1. The molecule has 0 atom stereocenters. The average Bonchev–Trinajstić information content (AvgIpc) is 2.86. The number of pyridine rings is 1. The first kappa shape index (κ1) is 25.3. The van der Waals surface area contributed by atoms with Crippen LogP contribution in [0, 0.1) is 11.6 Å². The van der Waals surface area contributed by atoms with Gasteiger partial charge >= 0.3 is 6.18 Å². The molecule has 0 amide bonds. The monoisotopic (exact) mass is 508 g/mol. The van der Waals surface area contributed by atoms with E-state index in [1.807, 2.05) is 23.6 Å². The fourth-order valence-corrected chi connectivity index (χ4v) is 3.89. The highest BCUT2D eigenvalue weighted by atomic mass is 19.4. The van der Waals surface area contributed by atoms with Gasteiger partial charge in [0, 0.05) is 57.2 Å². The second kappa shape index (κ2) is 10.5. The van der Waals surface area contributed by atoms with E-state index in [1.54, 1.807) is 4.90 Å². The molecule has 1 saturated heterocycles. The molecule has 8 nitrogen and oxygen atoms in total. The summed E-state index contributed by atoms with van der Waals surface area (Å²) in [5.41, 5.74) is -0.517. The first-order chi connectivity index (χ1) is 17.2. The molecule has 1 aromatic carbocycles. The number of nitrogens with one attached hydrogen (secondary N) is 1. The Kier molecular flexibility index (Phi) is 7.36. The molecule has 0 radical (unpaired) electrons. The number of halogens is 5. The summed E-state index contributed by atoms with van der Waals surface area (Å²) >= 11 is 0. The summed E-state index contributed by atoms with van der Waals surface area (Å²) in [5.74, 6) is -1.23. The maximum absolute atomic E-state index is 13.7. The molecule has 0 aliphatic carbocycles. The van der Waals surface area contributed by atoms with Crippen molar-refractivity contribution in [3.05, 3.63) is 53.7 Å². The standard InChI is InChI=1S/C23H25F5N8/c1-3-34(4-2)21-31-20(30-15-7-8-17(24)18(25)14-15)32-22(33-21)36-12-10-35(11-13-36)19-16(23(26,27)28)6-5-9-29-19/h5-9,14H,3-4,10-13H2,1-2H3,(H,30,31,32,33). The summed E-state index contributed by atoms with van der Waals surface area (Å²) in [4.78, 5) is 22.7. The normalized spacial score (nSPS) is 14.2. The van der Waals surface area contributed by atoms with Crippen LogP contribution in [-0.2, 0) is 6.18 Å². The smallest absolute Gasteiger partial charge is 0.353 e. The highest BCUT2D eigenvalue weighted by molar-refractivity contribution is 5.57. The van der Waals surface area contributed by atoms with Gasteiger partial charge in [-0.15, -0.1) is 0 Å². The van der Waals surface area contributed by atoms with E-state index in [-0.39, 0.29) is 30.5 Å². The minimum atomic E-state index is -4.51. The van der Waals surface area contributed by atoms with E-state index in [0.29, 0.717) is 38.1 Å². The van der Waals surface area contributed by atoms with Crippen molar-refractivity contribution in [2.24, 2.45) is 0 Å². The van der Waals surface area contributed by atoms with E-state index >= 15 is 0 Å². The molecule has 0 spiro atoms. The van der Waals surface area contributed by atoms with Crippen molar-refractivity contribution in [2.75, 3.05) is 59.3 Å². The molecule has 36 heavy (non-hydrogen) atoms. The number of rotatable bonds is 7. The third-order valence-electron chi connectivity index (χ3n) is 5.79. The predicted molar refractivity (Wildman–Crippen MR) is 127 cm³/mol. The Balaban J connectivity index is 1.58. The quantitative estimate of drug-likeness (QED) is 0.469. The molecule has 1 fully saturated rings. The first-order valence-electron chi connectivity index (χ1n) is 11.4. The summed E-state index contributed by atoms with van der Waals surface area (Å²) in [6.45, 7) is 6.38. The molecule has 3 heterocycles. The molecule has 192 valence electrons. The Hall–Kier alpha value is -3.77. The van der Waals surface area contributed by atoms with E-state index in [2.05, 4.69) is 25.3 Å². The Morgan fingerprint density at radius 2 is 1.61 bits per heavy atom. The van der Waals surface area contributed by atoms with Crippen molar-refractivity contribution >= 4 is 29.4 Å². The van der Waals surface area contributed by atoms with Gasteiger partial charge in [0.25, 0.3) is 0 Å². The lowest BCUT2D eigenvalue weighted by molar-refractivity contribution is -0.137. The fraction of sp³-hybridized carbons (Fsp3) is 0.391. The predicted octanol–water partition coefficient (Wildman–Crippen LogP) is 4.48. The van der Waals surface area contributed by atoms with E-state index in [0.717, 1.165) is 18.2 Å². The lowest BCUT2D eigenvalue weighted by Crippen LogP contribution is -2.48. The molecule has 0 unspecified atom stereocenters. The highest BCUT2D eigenvalue weighted by Crippen LogP contribution is 2.35. The summed E-state index contributed by atoms with van der Waals surface area (Å²) in [6, 6.07) is 5.65. The molecular formula is C23H25F5N8. The maximum atomic E-state index is 13.7. The zero-order valence-electron chi connectivity index (χ0n) is 19.7. The number of hydrogen-bond acceptors (Lipinski definition) is 8. The molecule has 1 aliphatic heterocycles. The Bertz CT molecular complexity index is 1190. The van der Waals surface area contributed by atoms with Gasteiger partial charge in [-0.2, -0.15) is 28.1 Å². The minimum Gasteiger partial charge on any atom is -0.353 e. The van der Waals surface area contributed by atoms with E-state index in [4.69, 9.17) is 0 Å². The van der Waals surface area contributed by atoms with Gasteiger partial charge in [0.1, 0.15) is 5.82 Å². The zero-order valence-corrected chi connectivity index (χ0v) is 19.7. The van der Waals surface area contributed by atoms with Gasteiger partial charge in [0.15, 0.2) is 11.6 Å². The summed E-state index contributed by atoms with van der Waals surface area (Å²) in [5, 5.41) is 2.89. The number of alkyl halides is 3. The van der Waals surface area contributed by atoms with Crippen LogP contribution in [0.1, 0.15) is 19.4 Å². The van der Waals surface area contributed by atoms with E-state index in [9.17, 15) is 22.0 Å². The number of benzene rings is 1. The fourth-order valence-electron chi connectivity index (χ4n) is 3.89. The molecule has 1 N–H and O–H groups in total. The largest absolute Gasteiger partial charge is 0.419 e. The number of anilines is 5. The Morgan fingerprint density at radius 3 is 2.25 bits per heavy atom. The Labute approximate surface area is 204 Å². The Morgan fingerprint density at radius 1 is 0.917 bits per heavy atom. The third kappa shape index (κ3) is 5.55. The van der Waals surface area contributed by atoms with Crippen molar-refractivity contribution in [1.29, 1.82) is 0 Å². The van der Waals surface area contributed by atoms with Gasteiger partial charge in [0.2, 0.25) is 17.8 Å². The van der Waals surface area contributed by atoms with Crippen molar-refractivity contribution < 1.29 is 22.0 Å². The van der Waals surface area contributed by atoms with Crippen molar-refractivity contribution in [2.45, 2.75) is 20.0 Å². The van der Waals surface area contributed by atoms with Gasteiger partial charge < -0.3 is 20.0 Å². The minimum absolute atomic E-state index is 0.107. The molecule has 0 bridgehead atoms. The van der Waals surface area contributed by atoms with Crippen molar-refractivity contribution in [1.82, 2.24) is 19.9 Å². The van der Waals surface area contributed by atoms with Crippen LogP contribution in [0.2, 0.25) is 0 Å². The van der Waals surface area contributed by atoms with Gasteiger partial charge in [-0.25, -0.2) is 13.8 Å². The van der Waals surface area contributed by atoms with E-state index in [1.165, 1.54) is 18.3 Å². The molecule has 0 saturated carbocycles. The van der Waals surface area contributed by atoms with Crippen LogP contribution in [0.25, 0.3) is 0 Å². The number of hydrogen-bond donors (Lipinski definition) is 1. The van der Waals surface area contributed by atoms with Crippen molar-refractivity contribution in [3.8, 4) is 0 Å². The number of piperazine rings is 1. The van der Waals surface area contributed by atoms with Gasteiger partial charge in [-0.1, -0.05) is 0 Å². The first-order valence-corrected chi connectivity index (χ1v) is 11.4. The van der Waals surface area contributed by atoms with Crippen LogP contribution in [0.5, 0.6) is 0 Å². The molecule has 2 aromatic heterocycles. The van der Waals surface area contributed by atoms with Crippen LogP contribution in [0.3, 0.4) is 0 Å². The van der Waals surface area contributed by atoms with Gasteiger partial charge in [-0.05, 0) is 38.1 Å². The van der Waals surface area contributed by atoms with E-state index < -0.39 is 23.4 Å². The second-order valence-electron chi connectivity index (χ2n) is 8.03. The third-order valence-corrected chi connectivity index (χ3v) is 5.79. The van der Waals surface area contributed by atoms with Gasteiger partial charge in [0.05, 0.1) is 5.56 Å². The molecule has 1 aliphatic rings. The summed E-state index contributed by atoms with van der Waals surface area (Å²) in [7, 11) is 0. The van der Waals surface area contributed by atoms with Crippen LogP contribution in [-0.4, -0.2) is 59.2 Å². The molecule has 4 rings (SSSR count). The molecule has 13 heteroatoms. The van der Waals surface area contributed by atoms with Crippen LogP contribution >= 0.6 is 0 Å². The molecule has 3 aromatic rings. The number of aromatic nitrogens is 4. The second-order valence-corrected chi connectivity index (χ2v) is 8.03. The molecular weight excluding hydrogens is 483 g/mol. The van der Waals surface area contributed by atoms with Crippen LogP contribution < -0.4 is 20.0 Å². The lowest BCUT2D eigenvalue weighted by Gasteiger charge is -2.36. The number of nitrogens with zero attached hydrogens (tertiary/aromatic N) is 7. The highest BCUT2D eigenvalue weighted by Gasteiger charge is 2.36. The zero-order chi connectivity index (χ0) is 25.9. The van der Waals surface area contributed by atoms with Crippen molar-refractivity contribution in [3.63, 3.8) is 0 Å². The lowest BCUT2D eigenvalue weighted by atomic mass is 10.2. The van der Waals surface area contributed by atoms with Gasteiger partial charge in [-0.3, -0.25) is 0 Å². The van der Waals surface area contributed by atoms with Crippen LogP contribution in [0.4, 0.5) is 51.3 Å². The average molecular weight is 508 g/mol. The summed E-state index contributed by atoms with van der Waals surface area (Å²) in [6.07, 6.45) is -3.16. The topological polar surface area (TPSA) is 73.3 Å². The van der Waals surface area contributed by atoms with Crippen LogP contribution in [0.15, 0.2) is 36.5 Å². The maximum Gasteiger partial charge on any atom is 0.419 e.